The Morgan fingerprint density at radius 1 is 1.21 bits per heavy atom. The molecule has 4 atom stereocenters. The maximum Gasteiger partial charge on any atom is 0.191 e. The molecular formula is C21H35N3O3S2. The van der Waals surface area contributed by atoms with E-state index in [1.54, 1.807) is 24.3 Å². The molecule has 0 spiro atoms. The fraction of sp³-hybridized carbons (Fsp3) is 0.667. The molecule has 6 nitrogen and oxygen atoms in total. The zero-order valence-corrected chi connectivity index (χ0v) is 19.4. The lowest BCUT2D eigenvalue weighted by Gasteiger charge is -2.31. The average molecular weight is 442 g/mol. The van der Waals surface area contributed by atoms with Gasteiger partial charge in [0.15, 0.2) is 15.8 Å². The number of hydrogen-bond donors (Lipinski definition) is 2. The van der Waals surface area contributed by atoms with Gasteiger partial charge in [0.1, 0.15) is 0 Å². The summed E-state index contributed by atoms with van der Waals surface area (Å²) in [5, 5.41) is 7.02. The molecule has 0 amide bonds. The standard InChI is InChI=1S/C21H35N3O3S2/c1-4-17(16-29(26,27)20-13-8-7-9-14-20)23-21(22-5-2)24-18-11-10-12-19(15-18)28(25)6-3/h7-9,13-14,17-19H,4-6,10-12,15-16H2,1-3H3,(H2,22,23,24). The van der Waals surface area contributed by atoms with Crippen molar-refractivity contribution in [1.29, 1.82) is 0 Å². The topological polar surface area (TPSA) is 87.6 Å². The van der Waals surface area contributed by atoms with Crippen LogP contribution in [0, 0.1) is 0 Å². The third-order valence-corrected chi connectivity index (χ3v) is 8.87. The van der Waals surface area contributed by atoms with Crippen molar-refractivity contribution in [2.75, 3.05) is 18.1 Å². The summed E-state index contributed by atoms with van der Waals surface area (Å²) in [5.74, 6) is 1.36. The molecule has 1 aliphatic carbocycles. The van der Waals surface area contributed by atoms with Crippen LogP contribution in [0.1, 0.15) is 52.9 Å². The van der Waals surface area contributed by atoms with Gasteiger partial charge in [-0.2, -0.15) is 0 Å². The largest absolute Gasteiger partial charge is 0.354 e. The fourth-order valence-corrected chi connectivity index (χ4v) is 6.64. The first kappa shape index (κ1) is 23.9. The van der Waals surface area contributed by atoms with Crippen LogP contribution < -0.4 is 10.6 Å². The lowest BCUT2D eigenvalue weighted by Crippen LogP contribution is -2.51. The Kier molecular flexibility index (Phi) is 9.62. The van der Waals surface area contributed by atoms with Crippen LogP contribution in [0.4, 0.5) is 0 Å². The van der Waals surface area contributed by atoms with Crippen molar-refractivity contribution in [3.8, 4) is 0 Å². The molecule has 164 valence electrons. The molecule has 1 aromatic rings. The first-order valence-electron chi connectivity index (χ1n) is 10.6. The van der Waals surface area contributed by atoms with Gasteiger partial charge in [-0.1, -0.05) is 38.5 Å². The fourth-order valence-electron chi connectivity index (χ4n) is 3.68. The lowest BCUT2D eigenvalue weighted by atomic mass is 9.95. The van der Waals surface area contributed by atoms with Crippen LogP contribution in [0.25, 0.3) is 0 Å². The molecule has 0 saturated heterocycles. The van der Waals surface area contributed by atoms with Gasteiger partial charge in [0.05, 0.1) is 10.6 Å². The van der Waals surface area contributed by atoms with Gasteiger partial charge in [0, 0.05) is 40.4 Å². The summed E-state index contributed by atoms with van der Waals surface area (Å²) >= 11 is 0. The quantitative estimate of drug-likeness (QED) is 0.454. The zero-order valence-electron chi connectivity index (χ0n) is 17.8. The number of sulfone groups is 1. The van der Waals surface area contributed by atoms with Gasteiger partial charge in [-0.05, 0) is 44.7 Å². The second-order valence-electron chi connectivity index (χ2n) is 7.47. The maximum absolute atomic E-state index is 12.7. The monoisotopic (exact) mass is 441 g/mol. The first-order valence-corrected chi connectivity index (χ1v) is 13.7. The molecule has 0 aromatic heterocycles. The van der Waals surface area contributed by atoms with Gasteiger partial charge in [0.2, 0.25) is 0 Å². The number of benzene rings is 1. The lowest BCUT2D eigenvalue weighted by molar-refractivity contribution is 0.411. The second-order valence-corrected chi connectivity index (χ2v) is 11.5. The number of nitrogens with zero attached hydrogens (tertiary/aromatic N) is 1. The van der Waals surface area contributed by atoms with Crippen LogP contribution in [-0.4, -0.2) is 54.0 Å². The van der Waals surface area contributed by atoms with E-state index in [1.165, 1.54) is 0 Å². The Morgan fingerprint density at radius 3 is 2.55 bits per heavy atom. The molecular weight excluding hydrogens is 406 g/mol. The van der Waals surface area contributed by atoms with Crippen LogP contribution >= 0.6 is 0 Å². The summed E-state index contributed by atoms with van der Waals surface area (Å²) in [6.07, 6.45) is 4.61. The van der Waals surface area contributed by atoms with E-state index in [0.29, 0.717) is 29.6 Å². The van der Waals surface area contributed by atoms with Gasteiger partial charge in [-0.25, -0.2) is 8.42 Å². The molecule has 0 radical (unpaired) electrons. The third kappa shape index (κ3) is 7.41. The predicted molar refractivity (Wildman–Crippen MR) is 122 cm³/mol. The highest BCUT2D eigenvalue weighted by Crippen LogP contribution is 2.23. The SMILES string of the molecule is CCN=C(NC1CCCC(S(=O)CC)C1)NC(CC)CS(=O)(=O)c1ccccc1. The Bertz CT molecular complexity index is 782. The van der Waals surface area contributed by atoms with E-state index in [-0.39, 0.29) is 23.1 Å². The van der Waals surface area contributed by atoms with Crippen molar-refractivity contribution in [3.05, 3.63) is 30.3 Å². The highest BCUT2D eigenvalue weighted by atomic mass is 32.2. The van der Waals surface area contributed by atoms with Crippen molar-refractivity contribution < 1.29 is 12.6 Å². The number of rotatable bonds is 9. The van der Waals surface area contributed by atoms with E-state index in [0.717, 1.165) is 25.7 Å². The van der Waals surface area contributed by atoms with E-state index in [9.17, 15) is 12.6 Å². The van der Waals surface area contributed by atoms with E-state index >= 15 is 0 Å². The highest BCUT2D eigenvalue weighted by Gasteiger charge is 2.27. The molecule has 0 bridgehead atoms. The molecule has 1 saturated carbocycles. The van der Waals surface area contributed by atoms with Crippen molar-refractivity contribution in [1.82, 2.24) is 10.6 Å². The van der Waals surface area contributed by atoms with Gasteiger partial charge in [-0.3, -0.25) is 9.20 Å². The number of hydrogen-bond acceptors (Lipinski definition) is 4. The smallest absolute Gasteiger partial charge is 0.191 e. The van der Waals surface area contributed by atoms with Crippen LogP contribution in [0.3, 0.4) is 0 Å². The van der Waals surface area contributed by atoms with E-state index in [1.807, 2.05) is 26.8 Å². The molecule has 2 rings (SSSR count). The van der Waals surface area contributed by atoms with Crippen molar-refractivity contribution in [2.45, 2.75) is 75.1 Å². The van der Waals surface area contributed by atoms with Gasteiger partial charge in [0.25, 0.3) is 0 Å². The highest BCUT2D eigenvalue weighted by molar-refractivity contribution is 7.91. The average Bonchev–Trinajstić information content (AvgIpc) is 2.73. The molecule has 4 unspecified atom stereocenters. The summed E-state index contributed by atoms with van der Waals surface area (Å²) in [6, 6.07) is 8.55. The summed E-state index contributed by atoms with van der Waals surface area (Å²) in [6.45, 7) is 6.51. The minimum absolute atomic E-state index is 0.0189. The minimum Gasteiger partial charge on any atom is -0.354 e. The van der Waals surface area contributed by atoms with E-state index in [2.05, 4.69) is 15.6 Å². The molecule has 0 aliphatic heterocycles. The third-order valence-electron chi connectivity index (χ3n) is 5.30. The molecule has 2 N–H and O–H groups in total. The van der Waals surface area contributed by atoms with E-state index < -0.39 is 20.6 Å². The Balaban J connectivity index is 2.02. The van der Waals surface area contributed by atoms with Crippen LogP contribution in [-0.2, 0) is 20.6 Å². The Morgan fingerprint density at radius 2 is 1.93 bits per heavy atom. The number of guanidine groups is 1. The van der Waals surface area contributed by atoms with Crippen molar-refractivity contribution in [3.63, 3.8) is 0 Å². The molecule has 29 heavy (non-hydrogen) atoms. The first-order chi connectivity index (χ1) is 13.9. The Hall–Kier alpha value is -1.41. The number of aliphatic imine (C=N–C) groups is 1. The summed E-state index contributed by atoms with van der Waals surface area (Å²) in [7, 11) is -4.15. The summed E-state index contributed by atoms with van der Waals surface area (Å²) < 4.78 is 37.7. The van der Waals surface area contributed by atoms with Gasteiger partial charge in [-0.15, -0.1) is 0 Å². The van der Waals surface area contributed by atoms with Crippen LogP contribution in [0.5, 0.6) is 0 Å². The minimum atomic E-state index is -3.37. The molecule has 1 aliphatic rings. The maximum atomic E-state index is 12.7. The van der Waals surface area contributed by atoms with Gasteiger partial charge >= 0.3 is 0 Å². The van der Waals surface area contributed by atoms with E-state index in [4.69, 9.17) is 0 Å². The summed E-state index contributed by atoms with van der Waals surface area (Å²) in [5.41, 5.74) is 0. The van der Waals surface area contributed by atoms with Crippen LogP contribution in [0.2, 0.25) is 0 Å². The second kappa shape index (κ2) is 11.7. The Labute approximate surface area is 178 Å². The molecule has 8 heteroatoms. The van der Waals surface area contributed by atoms with Crippen molar-refractivity contribution >= 4 is 26.6 Å². The summed E-state index contributed by atoms with van der Waals surface area (Å²) in [4.78, 5) is 4.87. The van der Waals surface area contributed by atoms with Crippen LogP contribution in [0.15, 0.2) is 40.2 Å². The molecule has 1 fully saturated rings. The normalized spacial score (nSPS) is 22.7. The van der Waals surface area contributed by atoms with Gasteiger partial charge < -0.3 is 10.6 Å². The predicted octanol–water partition coefficient (Wildman–Crippen LogP) is 2.87. The van der Waals surface area contributed by atoms with Crippen molar-refractivity contribution in [2.24, 2.45) is 4.99 Å². The molecule has 0 heterocycles. The molecule has 1 aromatic carbocycles. The zero-order chi connectivity index (χ0) is 21.3. The number of nitrogens with one attached hydrogen (secondary N) is 2.